The molecule has 1 aliphatic heterocycles. The van der Waals surface area contributed by atoms with E-state index in [1.807, 2.05) is 20.1 Å². The number of aromatic amines is 1. The van der Waals surface area contributed by atoms with Crippen LogP contribution < -0.4 is 0 Å². The molecule has 1 saturated heterocycles. The molecule has 2 aromatic rings. The first kappa shape index (κ1) is 14.8. The molecule has 0 bridgehead atoms. The zero-order chi connectivity index (χ0) is 15.4. The minimum absolute atomic E-state index is 0.934. The van der Waals surface area contributed by atoms with Crippen LogP contribution in [0.1, 0.15) is 22.8 Å². The van der Waals surface area contributed by atoms with Gasteiger partial charge in [0.1, 0.15) is 11.5 Å². The fourth-order valence-corrected chi connectivity index (χ4v) is 2.74. The summed E-state index contributed by atoms with van der Waals surface area (Å²) in [5.41, 5.74) is 3.38. The van der Waals surface area contributed by atoms with E-state index >= 15 is 0 Å². The molecule has 0 unspecified atom stereocenters. The van der Waals surface area contributed by atoms with Gasteiger partial charge in [-0.05, 0) is 19.4 Å². The molecule has 116 valence electrons. The van der Waals surface area contributed by atoms with E-state index in [4.69, 9.17) is 0 Å². The molecule has 2 heterocycles. The summed E-state index contributed by atoms with van der Waals surface area (Å²) in [6, 6.07) is 10.6. The van der Waals surface area contributed by atoms with Gasteiger partial charge in [0.05, 0.1) is 6.21 Å². The van der Waals surface area contributed by atoms with Crippen molar-refractivity contribution in [2.24, 2.45) is 5.10 Å². The van der Waals surface area contributed by atoms with Gasteiger partial charge in [-0.1, -0.05) is 30.3 Å². The Morgan fingerprint density at radius 3 is 2.50 bits per heavy atom. The number of hydrazone groups is 1. The van der Waals surface area contributed by atoms with Crippen LogP contribution in [0.5, 0.6) is 0 Å². The average Bonchev–Trinajstić information content (AvgIpc) is 2.85. The summed E-state index contributed by atoms with van der Waals surface area (Å²) < 4.78 is 0. The third-order valence-corrected chi connectivity index (χ3v) is 3.98. The van der Waals surface area contributed by atoms with Crippen molar-refractivity contribution in [2.45, 2.75) is 20.4 Å². The Morgan fingerprint density at radius 2 is 1.86 bits per heavy atom. The molecule has 0 atom stereocenters. The summed E-state index contributed by atoms with van der Waals surface area (Å²) in [6.07, 6.45) is 1.87. The van der Waals surface area contributed by atoms with Gasteiger partial charge in [-0.15, -0.1) is 0 Å². The highest BCUT2D eigenvalue weighted by Crippen LogP contribution is 2.09. The van der Waals surface area contributed by atoms with Crippen LogP contribution in [0.25, 0.3) is 0 Å². The summed E-state index contributed by atoms with van der Waals surface area (Å²) in [4.78, 5) is 10.1. The fraction of sp³-hybridized carbons (Fsp3) is 0.412. The van der Waals surface area contributed by atoms with Crippen LogP contribution in [0.2, 0.25) is 0 Å². The van der Waals surface area contributed by atoms with Gasteiger partial charge < -0.3 is 4.98 Å². The summed E-state index contributed by atoms with van der Waals surface area (Å²) in [7, 11) is 0. The highest BCUT2D eigenvalue weighted by molar-refractivity contribution is 5.78. The van der Waals surface area contributed by atoms with Gasteiger partial charge in [0.25, 0.3) is 0 Å². The van der Waals surface area contributed by atoms with Crippen molar-refractivity contribution in [2.75, 3.05) is 26.2 Å². The number of imidazole rings is 1. The van der Waals surface area contributed by atoms with Crippen LogP contribution in [0, 0.1) is 13.8 Å². The molecule has 5 nitrogen and oxygen atoms in total. The fourth-order valence-electron chi connectivity index (χ4n) is 2.74. The SMILES string of the molecule is Cc1nc(/C=N/N2CCN(Cc3ccccc3)CC2)c(C)[nH]1. The van der Waals surface area contributed by atoms with Gasteiger partial charge >= 0.3 is 0 Å². The van der Waals surface area contributed by atoms with E-state index in [-0.39, 0.29) is 0 Å². The third kappa shape index (κ3) is 3.74. The molecule has 0 radical (unpaired) electrons. The number of benzene rings is 1. The van der Waals surface area contributed by atoms with E-state index in [9.17, 15) is 0 Å². The molecule has 0 aliphatic carbocycles. The lowest BCUT2D eigenvalue weighted by molar-refractivity contribution is 0.131. The monoisotopic (exact) mass is 297 g/mol. The summed E-state index contributed by atoms with van der Waals surface area (Å²) in [5.74, 6) is 0.937. The van der Waals surface area contributed by atoms with E-state index in [2.05, 4.69) is 55.3 Å². The molecule has 0 saturated carbocycles. The Labute approximate surface area is 131 Å². The molecule has 1 fully saturated rings. The molecule has 5 heteroatoms. The number of hydrogen-bond donors (Lipinski definition) is 1. The predicted molar refractivity (Wildman–Crippen MR) is 88.9 cm³/mol. The largest absolute Gasteiger partial charge is 0.346 e. The van der Waals surface area contributed by atoms with E-state index in [0.29, 0.717) is 0 Å². The summed E-state index contributed by atoms with van der Waals surface area (Å²) >= 11 is 0. The lowest BCUT2D eigenvalue weighted by atomic mass is 10.2. The highest BCUT2D eigenvalue weighted by atomic mass is 15.5. The highest BCUT2D eigenvalue weighted by Gasteiger charge is 2.15. The van der Waals surface area contributed by atoms with Crippen molar-refractivity contribution in [3.8, 4) is 0 Å². The maximum atomic E-state index is 4.57. The molecule has 1 aromatic heterocycles. The zero-order valence-electron chi connectivity index (χ0n) is 13.3. The standard InChI is InChI=1S/C17H23N5/c1-14-17(20-15(2)19-14)12-18-22-10-8-21(9-11-22)13-16-6-4-3-5-7-16/h3-7,12H,8-11,13H2,1-2H3,(H,19,20)/b18-12+. The number of rotatable bonds is 4. The summed E-state index contributed by atoms with van der Waals surface area (Å²) in [6.45, 7) is 9.04. The first-order valence-corrected chi connectivity index (χ1v) is 7.79. The minimum atomic E-state index is 0.934. The second kappa shape index (κ2) is 6.75. The van der Waals surface area contributed by atoms with Crippen LogP contribution >= 0.6 is 0 Å². The Bertz CT molecular complexity index is 624. The van der Waals surface area contributed by atoms with E-state index < -0.39 is 0 Å². The Morgan fingerprint density at radius 1 is 1.14 bits per heavy atom. The quantitative estimate of drug-likeness (QED) is 0.880. The number of hydrogen-bond acceptors (Lipinski definition) is 4. The second-order valence-corrected chi connectivity index (χ2v) is 5.79. The number of aromatic nitrogens is 2. The van der Waals surface area contributed by atoms with Gasteiger partial charge in [-0.2, -0.15) is 5.10 Å². The normalized spacial score (nSPS) is 16.5. The molecule has 0 amide bonds. The molecule has 1 N–H and O–H groups in total. The summed E-state index contributed by atoms with van der Waals surface area (Å²) in [5, 5.41) is 6.70. The molecule has 1 aromatic carbocycles. The van der Waals surface area contributed by atoms with Crippen molar-refractivity contribution >= 4 is 6.21 Å². The Kier molecular flexibility index (Phi) is 4.53. The van der Waals surface area contributed by atoms with Crippen molar-refractivity contribution in [1.82, 2.24) is 19.9 Å². The van der Waals surface area contributed by atoms with Crippen LogP contribution in [0.4, 0.5) is 0 Å². The molecule has 3 rings (SSSR count). The average molecular weight is 297 g/mol. The van der Waals surface area contributed by atoms with Gasteiger partial charge in [0.2, 0.25) is 0 Å². The van der Waals surface area contributed by atoms with Gasteiger partial charge in [0.15, 0.2) is 0 Å². The van der Waals surface area contributed by atoms with Crippen LogP contribution in [0.15, 0.2) is 35.4 Å². The number of nitrogens with one attached hydrogen (secondary N) is 1. The van der Waals surface area contributed by atoms with E-state index in [1.165, 1.54) is 5.56 Å². The number of nitrogens with zero attached hydrogens (tertiary/aromatic N) is 4. The topological polar surface area (TPSA) is 47.5 Å². The van der Waals surface area contributed by atoms with E-state index in [1.54, 1.807) is 0 Å². The molecule has 22 heavy (non-hydrogen) atoms. The smallest absolute Gasteiger partial charge is 0.104 e. The van der Waals surface area contributed by atoms with Crippen LogP contribution in [0.3, 0.4) is 0 Å². The van der Waals surface area contributed by atoms with Crippen molar-refractivity contribution < 1.29 is 0 Å². The maximum Gasteiger partial charge on any atom is 0.104 e. The molecular formula is C17H23N5. The maximum absolute atomic E-state index is 4.57. The lowest BCUT2D eigenvalue weighted by Gasteiger charge is -2.33. The molecular weight excluding hydrogens is 274 g/mol. The zero-order valence-corrected chi connectivity index (χ0v) is 13.3. The van der Waals surface area contributed by atoms with Crippen LogP contribution in [-0.4, -0.2) is 52.3 Å². The lowest BCUT2D eigenvalue weighted by Crippen LogP contribution is -2.43. The van der Waals surface area contributed by atoms with Crippen molar-refractivity contribution in [1.29, 1.82) is 0 Å². The first-order chi connectivity index (χ1) is 10.7. The van der Waals surface area contributed by atoms with Gasteiger partial charge in [0, 0.05) is 38.4 Å². The number of piperazine rings is 1. The molecule has 1 aliphatic rings. The van der Waals surface area contributed by atoms with E-state index in [0.717, 1.165) is 49.9 Å². The minimum Gasteiger partial charge on any atom is -0.346 e. The van der Waals surface area contributed by atoms with Gasteiger partial charge in [-0.3, -0.25) is 9.91 Å². The van der Waals surface area contributed by atoms with Gasteiger partial charge in [-0.25, -0.2) is 4.98 Å². The number of H-pyrrole nitrogens is 1. The number of aryl methyl sites for hydroxylation is 2. The Hall–Kier alpha value is -2.14. The third-order valence-electron chi connectivity index (χ3n) is 3.98. The van der Waals surface area contributed by atoms with Crippen molar-refractivity contribution in [3.63, 3.8) is 0 Å². The Balaban J connectivity index is 1.50. The van der Waals surface area contributed by atoms with Crippen molar-refractivity contribution in [3.05, 3.63) is 53.1 Å². The molecule has 0 spiro atoms. The second-order valence-electron chi connectivity index (χ2n) is 5.79. The van der Waals surface area contributed by atoms with Crippen LogP contribution in [-0.2, 0) is 6.54 Å². The predicted octanol–water partition coefficient (Wildman–Crippen LogP) is 2.18. The first-order valence-electron chi connectivity index (χ1n) is 7.79.